The van der Waals surface area contributed by atoms with E-state index in [0.29, 0.717) is 28.6 Å². The predicted octanol–water partition coefficient (Wildman–Crippen LogP) is 1.52. The number of imide groups is 1. The molecule has 2 bridgehead atoms. The van der Waals surface area contributed by atoms with E-state index >= 15 is 0 Å². The third-order valence-electron chi connectivity index (χ3n) is 6.40. The number of nitriles is 1. The minimum atomic E-state index is -1.07. The quantitative estimate of drug-likeness (QED) is 0.771. The van der Waals surface area contributed by atoms with Gasteiger partial charge in [-0.05, 0) is 38.1 Å². The van der Waals surface area contributed by atoms with Gasteiger partial charge in [0.05, 0.1) is 40.3 Å². The van der Waals surface area contributed by atoms with E-state index in [0.717, 1.165) is 0 Å². The summed E-state index contributed by atoms with van der Waals surface area (Å²) in [6.07, 6.45) is 1.11. The number of aliphatic hydroxyl groups is 1. The number of nitrogens with zero attached hydrogens (tertiary/aromatic N) is 3. The average molecular weight is 363 g/mol. The van der Waals surface area contributed by atoms with Crippen LogP contribution in [-0.4, -0.2) is 39.2 Å². The maximum atomic E-state index is 13.3. The lowest BCUT2D eigenvalue weighted by Gasteiger charge is -2.31. The Bertz CT molecular complexity index is 1080. The Labute approximate surface area is 155 Å². The van der Waals surface area contributed by atoms with Crippen molar-refractivity contribution in [2.75, 3.05) is 4.90 Å². The van der Waals surface area contributed by atoms with Crippen LogP contribution in [0.1, 0.15) is 25.8 Å². The Balaban J connectivity index is 1.69. The second kappa shape index (κ2) is 4.91. The van der Waals surface area contributed by atoms with Gasteiger partial charge in [-0.25, -0.2) is 4.90 Å². The fraction of sp³-hybridized carbons (Fsp3) is 0.400. The summed E-state index contributed by atoms with van der Waals surface area (Å²) in [7, 11) is 0. The molecule has 0 saturated carbocycles. The summed E-state index contributed by atoms with van der Waals surface area (Å²) in [5.41, 5.74) is -0.677. The maximum absolute atomic E-state index is 13.3. The fourth-order valence-electron chi connectivity index (χ4n) is 5.20. The molecule has 27 heavy (non-hydrogen) atoms. The van der Waals surface area contributed by atoms with Gasteiger partial charge in [-0.15, -0.1) is 0 Å². The topological polar surface area (TPSA) is 104 Å². The minimum Gasteiger partial charge on any atom is -0.390 e. The highest BCUT2D eigenvalue weighted by atomic mass is 16.6. The summed E-state index contributed by atoms with van der Waals surface area (Å²) >= 11 is 0. The van der Waals surface area contributed by atoms with Crippen molar-refractivity contribution < 1.29 is 19.4 Å². The first-order valence-corrected chi connectivity index (χ1v) is 8.86. The number of aromatic nitrogens is 1. The van der Waals surface area contributed by atoms with E-state index in [1.807, 2.05) is 0 Å². The van der Waals surface area contributed by atoms with Gasteiger partial charge in [0, 0.05) is 18.0 Å². The standard InChI is InChI=1S/C20H17N3O4/c1-19-8-13(24)20(2,27-19)15-14(19)17(25)23(18(15)26)12-6-5-10(9-21)16-11(12)4-3-7-22-16/h3-7,13-15,24H,8H2,1-2H3/t13-,14-,15+,19-,20+/m0/s1. The second-order valence-electron chi connectivity index (χ2n) is 7.93. The summed E-state index contributed by atoms with van der Waals surface area (Å²) in [5.74, 6) is -2.04. The molecule has 2 aromatic rings. The molecular formula is C20H17N3O4. The van der Waals surface area contributed by atoms with Crippen LogP contribution in [0.3, 0.4) is 0 Å². The van der Waals surface area contributed by atoms with Crippen molar-refractivity contribution >= 4 is 28.4 Å². The number of benzene rings is 1. The van der Waals surface area contributed by atoms with Gasteiger partial charge in [0.15, 0.2) is 0 Å². The molecule has 0 radical (unpaired) electrons. The second-order valence-corrected chi connectivity index (χ2v) is 7.93. The SMILES string of the molecule is C[C@@]12O[C@@](C)(C[C@@H]1O)[C@@H]1C(=O)N(c3ccc(C#N)c4ncccc34)C(=O)[C@@H]12. The maximum Gasteiger partial charge on any atom is 0.240 e. The molecule has 4 heterocycles. The first-order valence-electron chi connectivity index (χ1n) is 8.86. The Morgan fingerprint density at radius 3 is 2.74 bits per heavy atom. The summed E-state index contributed by atoms with van der Waals surface area (Å²) in [5, 5.41) is 20.3. The largest absolute Gasteiger partial charge is 0.390 e. The highest BCUT2D eigenvalue weighted by Crippen LogP contribution is 2.61. The number of carbonyl (C=O) groups is 2. The van der Waals surface area contributed by atoms with Crippen molar-refractivity contribution in [2.24, 2.45) is 11.8 Å². The van der Waals surface area contributed by atoms with Crippen LogP contribution in [0.15, 0.2) is 30.5 Å². The number of hydrogen-bond acceptors (Lipinski definition) is 6. The molecule has 1 aromatic heterocycles. The average Bonchev–Trinajstić information content (AvgIpc) is 3.15. The molecule has 3 aliphatic rings. The van der Waals surface area contributed by atoms with E-state index in [9.17, 15) is 20.0 Å². The van der Waals surface area contributed by atoms with Crippen LogP contribution >= 0.6 is 0 Å². The summed E-state index contributed by atoms with van der Waals surface area (Å²) in [6, 6.07) is 8.73. The number of ether oxygens (including phenoxy) is 1. The Hall–Kier alpha value is -2.82. The molecule has 7 heteroatoms. The zero-order valence-corrected chi connectivity index (χ0v) is 14.8. The molecule has 0 unspecified atom stereocenters. The third-order valence-corrected chi connectivity index (χ3v) is 6.40. The van der Waals surface area contributed by atoms with Crippen molar-refractivity contribution in [2.45, 2.75) is 37.6 Å². The number of rotatable bonds is 1. The van der Waals surface area contributed by atoms with Crippen molar-refractivity contribution in [3.8, 4) is 6.07 Å². The first-order chi connectivity index (χ1) is 12.8. The number of anilines is 1. The van der Waals surface area contributed by atoms with Crippen LogP contribution < -0.4 is 4.90 Å². The molecule has 3 saturated heterocycles. The van der Waals surface area contributed by atoms with Crippen LogP contribution in [-0.2, 0) is 14.3 Å². The highest BCUT2D eigenvalue weighted by Gasteiger charge is 2.75. The van der Waals surface area contributed by atoms with Gasteiger partial charge in [0.25, 0.3) is 0 Å². The molecule has 3 aliphatic heterocycles. The van der Waals surface area contributed by atoms with Gasteiger partial charge in [-0.2, -0.15) is 5.26 Å². The molecule has 0 spiro atoms. The molecular weight excluding hydrogens is 346 g/mol. The van der Waals surface area contributed by atoms with Crippen LogP contribution in [0.5, 0.6) is 0 Å². The van der Waals surface area contributed by atoms with Crippen molar-refractivity contribution in [3.63, 3.8) is 0 Å². The molecule has 5 rings (SSSR count). The van der Waals surface area contributed by atoms with Gasteiger partial charge in [-0.1, -0.05) is 0 Å². The van der Waals surface area contributed by atoms with Crippen LogP contribution in [0, 0.1) is 23.2 Å². The van der Waals surface area contributed by atoms with Gasteiger partial charge in [0.2, 0.25) is 11.8 Å². The van der Waals surface area contributed by atoms with Crippen LogP contribution in [0.25, 0.3) is 10.9 Å². The molecule has 3 fully saturated rings. The normalized spacial score (nSPS) is 37.1. The number of hydrogen-bond donors (Lipinski definition) is 1. The monoisotopic (exact) mass is 363 g/mol. The molecule has 1 N–H and O–H groups in total. The lowest BCUT2D eigenvalue weighted by atomic mass is 9.67. The van der Waals surface area contributed by atoms with E-state index in [4.69, 9.17) is 4.74 Å². The summed E-state index contributed by atoms with van der Waals surface area (Å²) in [6.45, 7) is 3.50. The number of fused-ring (bicyclic) bond motifs is 6. The van der Waals surface area contributed by atoms with Crippen molar-refractivity contribution in [3.05, 3.63) is 36.0 Å². The molecule has 1 aromatic carbocycles. The van der Waals surface area contributed by atoms with Crippen molar-refractivity contribution in [1.29, 1.82) is 5.26 Å². The zero-order chi connectivity index (χ0) is 19.1. The Morgan fingerprint density at radius 2 is 2.00 bits per heavy atom. The lowest BCUT2D eigenvalue weighted by Crippen LogP contribution is -2.49. The van der Waals surface area contributed by atoms with E-state index < -0.39 is 29.1 Å². The highest BCUT2D eigenvalue weighted by molar-refractivity contribution is 6.26. The van der Waals surface area contributed by atoms with E-state index in [1.54, 1.807) is 44.3 Å². The van der Waals surface area contributed by atoms with Gasteiger partial charge >= 0.3 is 0 Å². The summed E-state index contributed by atoms with van der Waals surface area (Å²) < 4.78 is 6.00. The molecule has 2 amide bonds. The number of carbonyl (C=O) groups excluding carboxylic acids is 2. The Morgan fingerprint density at radius 1 is 1.26 bits per heavy atom. The molecule has 136 valence electrons. The van der Waals surface area contributed by atoms with Crippen molar-refractivity contribution in [1.82, 2.24) is 4.98 Å². The van der Waals surface area contributed by atoms with Gasteiger partial charge in [-0.3, -0.25) is 14.6 Å². The molecule has 5 atom stereocenters. The minimum absolute atomic E-state index is 0.321. The lowest BCUT2D eigenvalue weighted by molar-refractivity contribution is -0.132. The van der Waals surface area contributed by atoms with Gasteiger partial charge < -0.3 is 9.84 Å². The fourth-order valence-corrected chi connectivity index (χ4v) is 5.20. The smallest absolute Gasteiger partial charge is 0.240 e. The van der Waals surface area contributed by atoms with E-state index in [-0.39, 0.29) is 11.8 Å². The number of pyridine rings is 1. The van der Waals surface area contributed by atoms with Crippen LogP contribution in [0.4, 0.5) is 5.69 Å². The molecule has 0 aliphatic carbocycles. The zero-order valence-electron chi connectivity index (χ0n) is 14.8. The van der Waals surface area contributed by atoms with E-state index in [1.165, 1.54) is 4.90 Å². The van der Waals surface area contributed by atoms with Gasteiger partial charge in [0.1, 0.15) is 11.7 Å². The Kier molecular flexibility index (Phi) is 2.98. The predicted molar refractivity (Wildman–Crippen MR) is 94.4 cm³/mol. The third kappa shape index (κ3) is 1.79. The first kappa shape index (κ1) is 16.4. The number of aliphatic hydroxyl groups excluding tert-OH is 1. The van der Waals surface area contributed by atoms with E-state index in [2.05, 4.69) is 11.1 Å². The number of amides is 2. The van der Waals surface area contributed by atoms with Crippen LogP contribution in [0.2, 0.25) is 0 Å². The molecule has 7 nitrogen and oxygen atoms in total. The summed E-state index contributed by atoms with van der Waals surface area (Å²) in [4.78, 5) is 32.0.